The van der Waals surface area contributed by atoms with Crippen LogP contribution in [-0.4, -0.2) is 142 Å². The Hall–Kier alpha value is -3.40. The molecule has 2 aromatic rings. The largest absolute Gasteiger partial charge is 0.459 e. The zero-order chi connectivity index (χ0) is 48.0. The van der Waals surface area contributed by atoms with Gasteiger partial charge in [-0.3, -0.25) is 9.59 Å². The molecular weight excluding hydrogens is 861 g/mol. The first kappa shape index (κ1) is 52.6. The van der Waals surface area contributed by atoms with Gasteiger partial charge in [0.15, 0.2) is 12.1 Å². The number of hydrogen-bond acceptors (Lipinski definition) is 16. The number of methoxy groups -OCH3 is 1. The number of aromatic nitrogens is 3. The van der Waals surface area contributed by atoms with Gasteiger partial charge in [-0.1, -0.05) is 56.6 Å². The lowest BCUT2D eigenvalue weighted by atomic mass is 9.74. The molecule has 2 saturated heterocycles. The normalized spacial score (nSPS) is 35.8. The molecule has 1 aromatic carbocycles. The molecule has 1 aromatic heterocycles. The zero-order valence-electron chi connectivity index (χ0n) is 39.8. The lowest BCUT2D eigenvalue weighted by Gasteiger charge is -2.47. The van der Waals surface area contributed by atoms with Crippen LogP contribution in [0.2, 0.25) is 0 Å². The number of nitrogens with two attached hydrogens (primary N) is 1. The average molecular weight is 935 g/mol. The van der Waals surface area contributed by atoms with Crippen LogP contribution < -0.4 is 5.14 Å². The Morgan fingerprint density at radius 2 is 1.69 bits per heavy atom. The van der Waals surface area contributed by atoms with Gasteiger partial charge in [0, 0.05) is 50.1 Å². The Morgan fingerprint density at radius 1 is 1.03 bits per heavy atom. The number of oxime groups is 1. The number of Topliss-reactive ketones (excluding diaryl/α,β-unsaturated/α-hetero) is 1. The number of cyclic esters (lactones) is 1. The highest BCUT2D eigenvalue weighted by molar-refractivity contribution is 7.89. The Bertz CT molecular complexity index is 2030. The third-order valence-electron chi connectivity index (χ3n) is 14.0. The molecule has 3 heterocycles. The maximum absolute atomic E-state index is 14.4. The molecule has 0 bridgehead atoms. The van der Waals surface area contributed by atoms with Gasteiger partial charge in [-0.25, -0.2) is 18.2 Å². The topological polar surface area (TPSA) is 247 Å². The fourth-order valence-corrected chi connectivity index (χ4v) is 10.3. The monoisotopic (exact) mass is 935 g/mol. The van der Waals surface area contributed by atoms with Crippen molar-refractivity contribution >= 4 is 27.5 Å². The number of sulfonamides is 1. The molecule has 13 atom stereocenters. The number of esters is 1. The van der Waals surface area contributed by atoms with Gasteiger partial charge in [0.2, 0.25) is 10.0 Å². The van der Waals surface area contributed by atoms with Crippen molar-refractivity contribution in [3.8, 4) is 0 Å². The van der Waals surface area contributed by atoms with Crippen LogP contribution in [0, 0.1) is 23.7 Å². The summed E-state index contributed by atoms with van der Waals surface area (Å²) in [6.45, 7) is 14.5. The summed E-state index contributed by atoms with van der Waals surface area (Å²) in [7, 11) is -0.388. The molecule has 366 valence electrons. The fraction of sp³-hybridized carbons (Fsp3) is 0.761. The number of hydrogen-bond donors (Lipinski definition) is 4. The number of nitrogens with zero attached hydrogens (tertiary/aromatic N) is 5. The number of aliphatic hydroxyl groups excluding tert-OH is 2. The van der Waals surface area contributed by atoms with Crippen LogP contribution >= 0.6 is 0 Å². The molecular formula is C46H74N6O12S. The average Bonchev–Trinajstić information content (AvgIpc) is 3.72. The predicted molar refractivity (Wildman–Crippen MR) is 241 cm³/mol. The van der Waals surface area contributed by atoms with Crippen LogP contribution in [0.3, 0.4) is 0 Å². The van der Waals surface area contributed by atoms with E-state index in [0.29, 0.717) is 37.3 Å². The molecule has 5 rings (SSSR count). The van der Waals surface area contributed by atoms with Crippen molar-refractivity contribution in [3.05, 3.63) is 41.7 Å². The minimum atomic E-state index is -3.80. The minimum absolute atomic E-state index is 0.0248. The lowest BCUT2D eigenvalue weighted by Crippen LogP contribution is -2.60. The van der Waals surface area contributed by atoms with Crippen molar-refractivity contribution in [1.29, 1.82) is 0 Å². The van der Waals surface area contributed by atoms with Crippen LogP contribution in [0.1, 0.15) is 118 Å². The molecule has 3 fully saturated rings. The maximum atomic E-state index is 14.4. The SMILES string of the molecule is CC[C@H]1OC(=O)[C@H](C)C(=O)[C@H](C)[C@@H](O[C@@H]2O[C@H](C)C[C@H](N(C)CCc3cn(Cc4ccc(S(N)(=O)=O)cc4)nn3)[C@H]2O)[C@](C)(OC)C[C@@H](C)/C(=N\OC2CCCCC2)[C@H](C)[C@@H](O)[C@]1(C)O. The second kappa shape index (κ2) is 22.1. The van der Waals surface area contributed by atoms with E-state index in [0.717, 1.165) is 37.7 Å². The van der Waals surface area contributed by atoms with Gasteiger partial charge in [0.25, 0.3) is 0 Å². The van der Waals surface area contributed by atoms with Crippen LogP contribution in [-0.2, 0) is 56.4 Å². The third kappa shape index (κ3) is 12.8. The fourth-order valence-electron chi connectivity index (χ4n) is 9.81. The van der Waals surface area contributed by atoms with Crippen LogP contribution in [0.15, 0.2) is 40.5 Å². The highest BCUT2D eigenvalue weighted by Gasteiger charge is 2.52. The van der Waals surface area contributed by atoms with Crippen molar-refractivity contribution < 1.29 is 57.1 Å². The standard InChI is InChI=1S/C46H74N6O12S/c1-11-37-46(8,57)41(55)29(4)38(49-64-34-15-13-12-14-16-34)27(2)24-45(7,60-10)42(30(5)39(53)31(6)43(56)62-37)63-44-40(54)36(23-28(3)61-44)51(9)22-21-33-26-52(50-48-33)25-32-17-19-35(20-18-32)65(47,58)59/h17-20,26-31,34,36-37,40-42,44,54-55,57H,11-16,21-25H2,1-10H3,(H2,47,58,59)/b49-38+/t27-,28-,29+,30+,31-,36+,37-,40-,41-,42-,44+,45-,46-/m1/s1. The Kier molecular flexibility index (Phi) is 17.9. The van der Waals surface area contributed by atoms with E-state index in [1.165, 1.54) is 33.1 Å². The number of aliphatic hydroxyl groups is 3. The van der Waals surface area contributed by atoms with Gasteiger partial charge in [0.05, 0.1) is 46.8 Å². The van der Waals surface area contributed by atoms with Crippen molar-refractivity contribution in [2.24, 2.45) is 34.0 Å². The number of benzene rings is 1. The van der Waals surface area contributed by atoms with E-state index in [4.69, 9.17) is 34.1 Å². The molecule has 1 saturated carbocycles. The summed E-state index contributed by atoms with van der Waals surface area (Å²) in [5.74, 6) is -4.83. The van der Waals surface area contributed by atoms with E-state index in [1.54, 1.807) is 37.6 Å². The Labute approximate surface area is 384 Å². The molecule has 0 spiro atoms. The highest BCUT2D eigenvalue weighted by Crippen LogP contribution is 2.39. The number of carbonyl (C=O) groups excluding carboxylic acids is 2. The highest BCUT2D eigenvalue weighted by atomic mass is 32.2. The van der Waals surface area contributed by atoms with Gasteiger partial charge in [-0.05, 0) is 97.4 Å². The number of ether oxygens (including phenoxy) is 4. The number of carbonyl (C=O) groups is 2. The van der Waals surface area contributed by atoms with E-state index < -0.39 is 93.4 Å². The number of ketones is 1. The molecule has 0 unspecified atom stereocenters. The quantitative estimate of drug-likeness (QED) is 0.127. The smallest absolute Gasteiger partial charge is 0.316 e. The van der Waals surface area contributed by atoms with Crippen molar-refractivity contribution in [2.75, 3.05) is 20.7 Å². The summed E-state index contributed by atoms with van der Waals surface area (Å²) in [5.41, 5.74) is -1.18. The molecule has 65 heavy (non-hydrogen) atoms. The molecule has 0 radical (unpaired) electrons. The van der Waals surface area contributed by atoms with Crippen LogP contribution in [0.5, 0.6) is 0 Å². The summed E-state index contributed by atoms with van der Waals surface area (Å²) >= 11 is 0. The first-order valence-corrected chi connectivity index (χ1v) is 24.7. The van der Waals surface area contributed by atoms with Crippen molar-refractivity contribution in [2.45, 2.75) is 185 Å². The first-order chi connectivity index (χ1) is 30.5. The van der Waals surface area contributed by atoms with E-state index in [2.05, 4.69) is 10.3 Å². The third-order valence-corrected chi connectivity index (χ3v) is 14.9. The number of rotatable bonds is 13. The Balaban J connectivity index is 1.39. The van der Waals surface area contributed by atoms with Crippen LogP contribution in [0.25, 0.3) is 0 Å². The lowest BCUT2D eigenvalue weighted by molar-refractivity contribution is -0.295. The van der Waals surface area contributed by atoms with Crippen molar-refractivity contribution in [1.82, 2.24) is 19.9 Å². The van der Waals surface area contributed by atoms with E-state index in [1.807, 2.05) is 38.9 Å². The zero-order valence-corrected chi connectivity index (χ0v) is 40.6. The van der Waals surface area contributed by atoms with Crippen LogP contribution in [0.4, 0.5) is 0 Å². The molecule has 19 heteroatoms. The van der Waals surface area contributed by atoms with E-state index in [9.17, 15) is 33.3 Å². The predicted octanol–water partition coefficient (Wildman–Crippen LogP) is 3.76. The summed E-state index contributed by atoms with van der Waals surface area (Å²) in [6, 6.07) is 5.81. The van der Waals surface area contributed by atoms with Gasteiger partial charge in [-0.2, -0.15) is 0 Å². The molecule has 5 N–H and O–H groups in total. The van der Waals surface area contributed by atoms with Gasteiger partial charge in [0.1, 0.15) is 29.8 Å². The first-order valence-electron chi connectivity index (χ1n) is 23.1. The van der Waals surface area contributed by atoms with Crippen molar-refractivity contribution in [3.63, 3.8) is 0 Å². The van der Waals surface area contributed by atoms with Gasteiger partial charge in [-0.15, -0.1) is 5.10 Å². The molecule has 0 amide bonds. The second-order valence-corrected chi connectivity index (χ2v) is 20.8. The molecule has 3 aliphatic rings. The maximum Gasteiger partial charge on any atom is 0.316 e. The summed E-state index contributed by atoms with van der Waals surface area (Å²) in [6.07, 6.45) is 1.52. The van der Waals surface area contributed by atoms with Gasteiger partial charge >= 0.3 is 5.97 Å². The summed E-state index contributed by atoms with van der Waals surface area (Å²) in [5, 5.41) is 54.3. The summed E-state index contributed by atoms with van der Waals surface area (Å²) < 4.78 is 50.3. The molecule has 18 nitrogen and oxygen atoms in total. The second-order valence-electron chi connectivity index (χ2n) is 19.2. The number of primary sulfonamides is 1. The summed E-state index contributed by atoms with van der Waals surface area (Å²) in [4.78, 5) is 36.4. The molecule has 2 aliphatic heterocycles. The van der Waals surface area contributed by atoms with E-state index in [-0.39, 0.29) is 29.9 Å². The number of likely N-dealkylation sites (N-methyl/N-ethyl adjacent to an activating group) is 1. The molecule has 1 aliphatic carbocycles. The Morgan fingerprint density at radius 3 is 2.31 bits per heavy atom. The minimum Gasteiger partial charge on any atom is -0.459 e. The van der Waals surface area contributed by atoms with E-state index >= 15 is 0 Å². The van der Waals surface area contributed by atoms with Gasteiger partial charge < -0.3 is 44.0 Å².